The number of benzene rings is 3. The second-order valence-electron chi connectivity index (χ2n) is 7.37. The number of carbonyl (C=O) groups excluding carboxylic acids is 1. The Morgan fingerprint density at radius 3 is 2.77 bits per heavy atom. The molecule has 1 atom stereocenters. The number of nitrogens with zero attached hydrogens (tertiary/aromatic N) is 1. The number of aromatic amines is 1. The normalized spacial score (nSPS) is 13.7. The summed E-state index contributed by atoms with van der Waals surface area (Å²) in [7, 11) is 0. The van der Waals surface area contributed by atoms with Gasteiger partial charge in [0, 0.05) is 0 Å². The Bertz CT molecular complexity index is 1240. The molecule has 0 radical (unpaired) electrons. The highest BCUT2D eigenvalue weighted by molar-refractivity contribution is 6.32. The third-order valence-electron chi connectivity index (χ3n) is 5.24. The number of hydrogen-bond donors (Lipinski definition) is 2. The van der Waals surface area contributed by atoms with E-state index in [1.165, 1.54) is 0 Å². The molecule has 1 aliphatic heterocycles. The van der Waals surface area contributed by atoms with E-state index < -0.39 is 0 Å². The van der Waals surface area contributed by atoms with E-state index in [-0.39, 0.29) is 18.4 Å². The molecule has 1 aliphatic rings. The molecule has 0 saturated heterocycles. The molecule has 0 spiro atoms. The minimum Gasteiger partial charge on any atom is -0.486 e. The second kappa shape index (κ2) is 8.32. The molecule has 0 saturated carbocycles. The number of aromatic nitrogens is 2. The molecule has 0 aliphatic carbocycles. The Hall–Kier alpha value is -3.51. The Kier molecular flexibility index (Phi) is 5.22. The molecule has 0 bridgehead atoms. The number of halogens is 1. The molecule has 2 N–H and O–H groups in total. The van der Waals surface area contributed by atoms with Crippen LogP contribution >= 0.6 is 11.6 Å². The summed E-state index contributed by atoms with van der Waals surface area (Å²) in [5.74, 6) is 0.990. The molecule has 2 heterocycles. The summed E-state index contributed by atoms with van der Waals surface area (Å²) in [5.41, 5.74) is 4.54. The van der Waals surface area contributed by atoms with Crippen molar-refractivity contribution in [3.05, 3.63) is 88.7 Å². The van der Waals surface area contributed by atoms with Crippen LogP contribution in [0.3, 0.4) is 0 Å². The van der Waals surface area contributed by atoms with E-state index in [0.29, 0.717) is 29.7 Å². The standard InChI is InChI=1S/C24H20ClN3O3/c25-18-10-15(11-21-24(18)31-9-8-30-21)12-22(29)28-23(16-4-2-1-3-5-16)17-6-7-19-20(13-17)27-14-26-19/h1-7,10-11,13-14,23H,8-9,12H2,(H,26,27)(H,28,29). The van der Waals surface area contributed by atoms with Gasteiger partial charge in [-0.05, 0) is 41.0 Å². The third-order valence-corrected chi connectivity index (χ3v) is 5.52. The zero-order chi connectivity index (χ0) is 21.2. The van der Waals surface area contributed by atoms with Crippen molar-refractivity contribution in [2.45, 2.75) is 12.5 Å². The molecular weight excluding hydrogens is 414 g/mol. The van der Waals surface area contributed by atoms with Gasteiger partial charge in [-0.3, -0.25) is 4.79 Å². The number of imidazole rings is 1. The highest BCUT2D eigenvalue weighted by Gasteiger charge is 2.20. The fraction of sp³-hybridized carbons (Fsp3) is 0.167. The zero-order valence-corrected chi connectivity index (χ0v) is 17.4. The number of nitrogens with one attached hydrogen (secondary N) is 2. The lowest BCUT2D eigenvalue weighted by atomic mass is 9.97. The molecule has 4 aromatic rings. The van der Waals surface area contributed by atoms with Crippen molar-refractivity contribution in [3.8, 4) is 11.5 Å². The summed E-state index contributed by atoms with van der Waals surface area (Å²) in [6, 6.07) is 19.1. The quantitative estimate of drug-likeness (QED) is 0.488. The molecule has 1 amide bonds. The van der Waals surface area contributed by atoms with Crippen LogP contribution in [-0.2, 0) is 11.2 Å². The van der Waals surface area contributed by atoms with Gasteiger partial charge in [0.1, 0.15) is 13.2 Å². The van der Waals surface area contributed by atoms with Gasteiger partial charge in [-0.15, -0.1) is 0 Å². The summed E-state index contributed by atoms with van der Waals surface area (Å²) in [4.78, 5) is 20.4. The van der Waals surface area contributed by atoms with Gasteiger partial charge < -0.3 is 19.8 Å². The first-order valence-electron chi connectivity index (χ1n) is 10.0. The van der Waals surface area contributed by atoms with Crippen molar-refractivity contribution < 1.29 is 14.3 Å². The summed E-state index contributed by atoms with van der Waals surface area (Å²) in [6.07, 6.45) is 1.84. The molecule has 156 valence electrons. The van der Waals surface area contributed by atoms with E-state index in [1.807, 2.05) is 54.6 Å². The Balaban J connectivity index is 1.41. The Morgan fingerprint density at radius 2 is 1.90 bits per heavy atom. The van der Waals surface area contributed by atoms with Crippen molar-refractivity contribution in [2.75, 3.05) is 13.2 Å². The Morgan fingerprint density at radius 1 is 1.06 bits per heavy atom. The van der Waals surface area contributed by atoms with Crippen molar-refractivity contribution >= 4 is 28.5 Å². The lowest BCUT2D eigenvalue weighted by Crippen LogP contribution is -2.30. The van der Waals surface area contributed by atoms with Crippen molar-refractivity contribution in [3.63, 3.8) is 0 Å². The monoisotopic (exact) mass is 433 g/mol. The maximum Gasteiger partial charge on any atom is 0.225 e. The van der Waals surface area contributed by atoms with Crippen LogP contribution in [0.25, 0.3) is 11.0 Å². The fourth-order valence-corrected chi connectivity index (χ4v) is 4.09. The minimum absolute atomic E-state index is 0.119. The van der Waals surface area contributed by atoms with E-state index in [1.54, 1.807) is 12.4 Å². The predicted octanol–water partition coefficient (Wildman–Crippen LogP) is 4.44. The number of carbonyl (C=O) groups is 1. The summed E-state index contributed by atoms with van der Waals surface area (Å²) >= 11 is 6.33. The van der Waals surface area contributed by atoms with E-state index in [4.69, 9.17) is 21.1 Å². The number of rotatable bonds is 5. The number of H-pyrrole nitrogens is 1. The lowest BCUT2D eigenvalue weighted by molar-refractivity contribution is -0.120. The first-order chi connectivity index (χ1) is 15.2. The zero-order valence-electron chi connectivity index (χ0n) is 16.6. The van der Waals surface area contributed by atoms with Gasteiger partial charge in [-0.25, -0.2) is 4.98 Å². The molecule has 7 heteroatoms. The van der Waals surface area contributed by atoms with Crippen molar-refractivity contribution in [1.29, 1.82) is 0 Å². The van der Waals surface area contributed by atoms with Gasteiger partial charge in [-0.1, -0.05) is 48.0 Å². The number of amides is 1. The summed E-state index contributed by atoms with van der Waals surface area (Å²) in [5, 5.41) is 3.61. The van der Waals surface area contributed by atoms with Crippen LogP contribution in [0.2, 0.25) is 5.02 Å². The Labute approximate surface area is 184 Å². The molecule has 1 unspecified atom stereocenters. The topological polar surface area (TPSA) is 76.2 Å². The van der Waals surface area contributed by atoms with Gasteiger partial charge in [0.15, 0.2) is 11.5 Å². The predicted molar refractivity (Wildman–Crippen MR) is 119 cm³/mol. The molecule has 5 rings (SSSR count). The van der Waals surface area contributed by atoms with Gasteiger partial charge in [0.25, 0.3) is 0 Å². The van der Waals surface area contributed by atoms with Gasteiger partial charge in [0.05, 0.1) is 34.8 Å². The SMILES string of the molecule is O=C(Cc1cc(Cl)c2c(c1)OCCO2)NC(c1ccccc1)c1ccc2nc[nH]c2c1. The fourth-order valence-electron chi connectivity index (χ4n) is 3.80. The lowest BCUT2D eigenvalue weighted by Gasteiger charge is -2.22. The van der Waals surface area contributed by atoms with Crippen LogP contribution in [-0.4, -0.2) is 29.1 Å². The highest BCUT2D eigenvalue weighted by Crippen LogP contribution is 2.38. The van der Waals surface area contributed by atoms with Crippen LogP contribution in [0, 0.1) is 0 Å². The second-order valence-corrected chi connectivity index (χ2v) is 7.78. The number of hydrogen-bond acceptors (Lipinski definition) is 4. The number of ether oxygens (including phenoxy) is 2. The van der Waals surface area contributed by atoms with E-state index in [0.717, 1.165) is 27.7 Å². The summed E-state index contributed by atoms with van der Waals surface area (Å²) < 4.78 is 11.2. The summed E-state index contributed by atoms with van der Waals surface area (Å²) in [6.45, 7) is 0.928. The largest absolute Gasteiger partial charge is 0.486 e. The molecular formula is C24H20ClN3O3. The van der Waals surface area contributed by atoms with Crippen LogP contribution in [0.15, 0.2) is 67.0 Å². The van der Waals surface area contributed by atoms with Gasteiger partial charge in [0.2, 0.25) is 5.91 Å². The first-order valence-corrected chi connectivity index (χ1v) is 10.4. The van der Waals surface area contributed by atoms with Crippen molar-refractivity contribution in [1.82, 2.24) is 15.3 Å². The van der Waals surface area contributed by atoms with Crippen LogP contribution < -0.4 is 14.8 Å². The molecule has 6 nitrogen and oxygen atoms in total. The molecule has 31 heavy (non-hydrogen) atoms. The smallest absolute Gasteiger partial charge is 0.225 e. The third kappa shape index (κ3) is 4.07. The molecule has 3 aromatic carbocycles. The number of fused-ring (bicyclic) bond motifs is 2. The maximum absolute atomic E-state index is 13.0. The van der Waals surface area contributed by atoms with E-state index >= 15 is 0 Å². The highest BCUT2D eigenvalue weighted by atomic mass is 35.5. The van der Waals surface area contributed by atoms with Crippen LogP contribution in [0.4, 0.5) is 0 Å². The molecule has 1 aromatic heterocycles. The van der Waals surface area contributed by atoms with E-state index in [2.05, 4.69) is 15.3 Å². The van der Waals surface area contributed by atoms with Crippen molar-refractivity contribution in [2.24, 2.45) is 0 Å². The maximum atomic E-state index is 13.0. The average molecular weight is 434 g/mol. The van der Waals surface area contributed by atoms with Gasteiger partial charge in [-0.2, -0.15) is 0 Å². The molecule has 0 fully saturated rings. The van der Waals surface area contributed by atoms with Crippen LogP contribution in [0.5, 0.6) is 11.5 Å². The van der Waals surface area contributed by atoms with Crippen LogP contribution in [0.1, 0.15) is 22.7 Å². The first kappa shape index (κ1) is 19.5. The van der Waals surface area contributed by atoms with E-state index in [9.17, 15) is 4.79 Å². The van der Waals surface area contributed by atoms with Gasteiger partial charge >= 0.3 is 0 Å². The average Bonchev–Trinajstić information content (AvgIpc) is 3.26. The minimum atomic E-state index is -0.297.